The quantitative estimate of drug-likeness (QED) is 0.168. The van der Waals surface area contributed by atoms with E-state index in [0.29, 0.717) is 5.92 Å². The van der Waals surface area contributed by atoms with Crippen molar-refractivity contribution in [3.63, 3.8) is 0 Å². The molecule has 275 valence electrons. The van der Waals surface area contributed by atoms with Gasteiger partial charge in [0.15, 0.2) is 0 Å². The molecular weight excluding hydrogens is 779 g/mol. The minimum atomic E-state index is 0. The Morgan fingerprint density at radius 2 is 1.32 bits per heavy atom. The van der Waals surface area contributed by atoms with Crippen molar-refractivity contribution >= 4 is 20.6 Å². The molecule has 53 heavy (non-hydrogen) atoms. The molecule has 0 spiro atoms. The molecule has 1 radical (unpaired) electrons. The molecule has 0 aromatic heterocycles. The third kappa shape index (κ3) is 7.62. The van der Waals surface area contributed by atoms with Gasteiger partial charge in [-0.15, -0.1) is 6.92 Å². The predicted octanol–water partition coefficient (Wildman–Crippen LogP) is 6.15. The van der Waals surface area contributed by atoms with Crippen LogP contribution in [0.4, 0.5) is 0 Å². The molecule has 0 bridgehead atoms. The maximum Gasteiger partial charge on any atom is 4.00 e. The number of benzene rings is 3. The van der Waals surface area contributed by atoms with Gasteiger partial charge in [-0.2, -0.15) is 29.3 Å². The van der Waals surface area contributed by atoms with Crippen molar-refractivity contribution in [2.45, 2.75) is 88.5 Å². The van der Waals surface area contributed by atoms with Gasteiger partial charge in [-0.05, 0) is 70.7 Å². The van der Waals surface area contributed by atoms with Crippen LogP contribution in [0.5, 0.6) is 0 Å². The molecule has 4 aromatic carbocycles. The van der Waals surface area contributed by atoms with Gasteiger partial charge in [-0.3, -0.25) is 0 Å². The van der Waals surface area contributed by atoms with Crippen LogP contribution in [0.3, 0.4) is 0 Å². The second-order valence-electron chi connectivity index (χ2n) is 16.9. The average Bonchev–Trinajstić information content (AvgIpc) is 3.80. The molecule has 4 aromatic rings. The van der Waals surface area contributed by atoms with Crippen LogP contribution in [0.15, 0.2) is 132 Å². The Labute approximate surface area is 356 Å². The van der Waals surface area contributed by atoms with Crippen molar-refractivity contribution in [3.05, 3.63) is 171 Å². The van der Waals surface area contributed by atoms with Gasteiger partial charge in [0.1, 0.15) is 0 Å². The summed E-state index contributed by atoms with van der Waals surface area (Å²) < 4.78 is 0. The summed E-state index contributed by atoms with van der Waals surface area (Å²) >= 11 is 0. The Bertz CT molecular complexity index is 1930. The summed E-state index contributed by atoms with van der Waals surface area (Å²) in [4.78, 5) is 0. The van der Waals surface area contributed by atoms with E-state index in [1.165, 1.54) is 51.4 Å². The smallest absolute Gasteiger partial charge is 1.00 e. The van der Waals surface area contributed by atoms with Gasteiger partial charge in [0.05, 0.1) is 0 Å². The molecular formula is C49H57Cl2SiZr. The summed E-state index contributed by atoms with van der Waals surface area (Å²) in [5.74, 6) is 2.24. The van der Waals surface area contributed by atoms with E-state index in [1.807, 2.05) is 30.3 Å². The first-order chi connectivity index (χ1) is 23.6. The molecule has 4 aliphatic rings. The first kappa shape index (κ1) is 45.0. The van der Waals surface area contributed by atoms with Gasteiger partial charge >= 0.3 is 26.2 Å². The number of halogens is 2. The molecule has 0 amide bonds. The van der Waals surface area contributed by atoms with Crippen molar-refractivity contribution < 1.29 is 51.0 Å². The standard InChI is InChI=1S/C29H37.C15H15Si.C5H5.2ClH.Zr/c1-18-25-22-17-19-13-9-10-14-20(19)24(22)21-15-11-12-16-23(21)29(25,8)28(6,7)27(4,5)26(18,2)3;1-11-5-3-7-13(9-11)15(16)14-8-4-6-12(2)10-14;1-2-4-5-3-1;;;/h9-11,13-15,23H,12,16-17H2,1-8H3;3-10,16H,1-2H3;1-5H;2*1H;/q-1;;-1;;;+4/p-2. The zero-order chi connectivity index (χ0) is 36.1. The zero-order valence-corrected chi connectivity index (χ0v) is 38.6. The Kier molecular flexibility index (Phi) is 14.6. The summed E-state index contributed by atoms with van der Waals surface area (Å²) in [7, 11) is 2.85. The van der Waals surface area contributed by atoms with Gasteiger partial charge in [-0.1, -0.05) is 173 Å². The number of aryl methyl sites for hydroxylation is 2. The zero-order valence-electron chi connectivity index (χ0n) is 33.5. The minimum absolute atomic E-state index is 0. The third-order valence-electron chi connectivity index (χ3n) is 14.0. The summed E-state index contributed by atoms with van der Waals surface area (Å²) in [6, 6.07) is 36.3. The summed E-state index contributed by atoms with van der Waals surface area (Å²) in [6.07, 6.45) is 8.50. The van der Waals surface area contributed by atoms with Crippen LogP contribution in [0.1, 0.15) is 102 Å². The Morgan fingerprint density at radius 3 is 1.85 bits per heavy atom. The fourth-order valence-electron chi connectivity index (χ4n) is 9.68. The van der Waals surface area contributed by atoms with E-state index in [9.17, 15) is 0 Å². The van der Waals surface area contributed by atoms with Gasteiger partial charge in [-0.25, -0.2) is 18.1 Å². The Morgan fingerprint density at radius 1 is 0.755 bits per heavy atom. The SMILES string of the molecule is C[C-]1C2=C3Cc4ccccc4C3=C3C=CCCC3C2(C)C(C)(C)C(C)(C)C1(C)C.Cc1cccc(C(=[SiH])c2cccc(C)c2)c1.[Cl-].[Cl-].[Zr+4].c1cc[cH-]c1. The first-order valence-electron chi connectivity index (χ1n) is 18.6. The van der Waals surface area contributed by atoms with Gasteiger partial charge in [0, 0.05) is 9.85 Å². The Hall–Kier alpha value is -2.35. The third-order valence-corrected chi connectivity index (χ3v) is 14.7. The first-order valence-corrected chi connectivity index (χ1v) is 19.2. The monoisotopic (exact) mass is 833 g/mol. The molecule has 4 heteroatoms. The van der Waals surface area contributed by atoms with Crippen molar-refractivity contribution in [1.82, 2.24) is 0 Å². The van der Waals surface area contributed by atoms with Gasteiger partial charge in [0.2, 0.25) is 0 Å². The predicted molar refractivity (Wildman–Crippen MR) is 219 cm³/mol. The molecule has 4 aliphatic carbocycles. The Balaban J connectivity index is 0.000000267. The van der Waals surface area contributed by atoms with Gasteiger partial charge < -0.3 is 24.8 Å². The topological polar surface area (TPSA) is 0 Å². The van der Waals surface area contributed by atoms with E-state index >= 15 is 0 Å². The molecule has 0 aliphatic heterocycles. The van der Waals surface area contributed by atoms with Crippen molar-refractivity contribution in [2.24, 2.45) is 27.6 Å². The number of fused-ring (bicyclic) bond motifs is 6. The molecule has 8 rings (SSSR count). The van der Waals surface area contributed by atoms with Crippen LogP contribution < -0.4 is 24.8 Å². The largest absolute Gasteiger partial charge is 4.00 e. The second-order valence-corrected chi connectivity index (χ2v) is 17.4. The summed E-state index contributed by atoms with van der Waals surface area (Å²) in [5, 5.41) is 1.26. The van der Waals surface area contributed by atoms with Crippen LogP contribution in [0, 0.1) is 47.3 Å². The minimum Gasteiger partial charge on any atom is -1.00 e. The maximum atomic E-state index is 2.85. The van der Waals surface area contributed by atoms with Gasteiger partial charge in [0.25, 0.3) is 0 Å². The van der Waals surface area contributed by atoms with Crippen molar-refractivity contribution in [3.8, 4) is 0 Å². The van der Waals surface area contributed by atoms with Crippen molar-refractivity contribution in [1.29, 1.82) is 0 Å². The molecule has 0 heterocycles. The second kappa shape index (κ2) is 17.2. The molecule has 1 fully saturated rings. The fourth-order valence-corrected chi connectivity index (χ4v) is 10.0. The van der Waals surface area contributed by atoms with Crippen LogP contribution in [-0.2, 0) is 32.6 Å². The molecule has 2 atom stereocenters. The number of allylic oxidation sites excluding steroid dienone is 6. The molecule has 1 saturated carbocycles. The van der Waals surface area contributed by atoms with E-state index in [2.05, 4.69) is 164 Å². The van der Waals surface area contributed by atoms with Crippen LogP contribution in [0.2, 0.25) is 0 Å². The van der Waals surface area contributed by atoms with E-state index in [4.69, 9.17) is 0 Å². The molecule has 0 N–H and O–H groups in total. The summed E-state index contributed by atoms with van der Waals surface area (Å²) in [6.45, 7) is 24.5. The normalized spacial score (nSPS) is 22.0. The van der Waals surface area contributed by atoms with E-state index < -0.39 is 0 Å². The summed E-state index contributed by atoms with van der Waals surface area (Å²) in [5.41, 5.74) is 15.4. The number of rotatable bonds is 2. The van der Waals surface area contributed by atoms with Crippen LogP contribution in [0.25, 0.3) is 5.57 Å². The van der Waals surface area contributed by atoms with E-state index in [1.54, 1.807) is 28.2 Å². The van der Waals surface area contributed by atoms with E-state index in [0.717, 1.165) is 6.42 Å². The van der Waals surface area contributed by atoms with Crippen molar-refractivity contribution in [2.75, 3.05) is 0 Å². The van der Waals surface area contributed by atoms with Crippen LogP contribution >= 0.6 is 0 Å². The van der Waals surface area contributed by atoms with E-state index in [-0.39, 0.29) is 72.7 Å². The maximum absolute atomic E-state index is 2.85. The fraction of sp³-hybridized carbons (Fsp3) is 0.367. The van der Waals surface area contributed by atoms with Crippen LogP contribution in [-0.4, -0.2) is 15.0 Å². The number of hydrogen-bond acceptors (Lipinski definition) is 0. The molecule has 2 unspecified atom stereocenters. The number of hydrogen-bond donors (Lipinski definition) is 0. The average molecular weight is 836 g/mol. The molecule has 0 saturated heterocycles. The molecule has 0 nitrogen and oxygen atoms in total.